The summed E-state index contributed by atoms with van der Waals surface area (Å²) in [5, 5.41) is 4.26. The summed E-state index contributed by atoms with van der Waals surface area (Å²) < 4.78 is 0. The molecule has 1 amide bonds. The SMILES string of the molecule is O=C(CCSc1ccccc1)N1CCc2sccc2[C@@H]1c1cccs1. The Morgan fingerprint density at radius 1 is 1.08 bits per heavy atom. The van der Waals surface area contributed by atoms with E-state index in [1.807, 2.05) is 29.5 Å². The van der Waals surface area contributed by atoms with Crippen molar-refractivity contribution < 1.29 is 4.79 Å². The Balaban J connectivity index is 1.47. The summed E-state index contributed by atoms with van der Waals surface area (Å²) in [7, 11) is 0. The summed E-state index contributed by atoms with van der Waals surface area (Å²) >= 11 is 5.32. The second-order valence-electron chi connectivity index (χ2n) is 5.97. The number of thioether (sulfide) groups is 1. The zero-order chi connectivity index (χ0) is 17.1. The Morgan fingerprint density at radius 3 is 2.76 bits per heavy atom. The number of carbonyl (C=O) groups excluding carboxylic acids is 1. The van der Waals surface area contributed by atoms with E-state index in [0.29, 0.717) is 6.42 Å². The zero-order valence-electron chi connectivity index (χ0n) is 13.8. The van der Waals surface area contributed by atoms with Crippen LogP contribution in [0.3, 0.4) is 0 Å². The van der Waals surface area contributed by atoms with Gasteiger partial charge in [0.25, 0.3) is 0 Å². The van der Waals surface area contributed by atoms with Gasteiger partial charge in [-0.1, -0.05) is 24.3 Å². The first-order chi connectivity index (χ1) is 12.3. The predicted molar refractivity (Wildman–Crippen MR) is 108 cm³/mol. The molecule has 0 unspecified atom stereocenters. The third kappa shape index (κ3) is 3.68. The molecule has 5 heteroatoms. The number of hydrogen-bond donors (Lipinski definition) is 0. The van der Waals surface area contributed by atoms with Crippen molar-refractivity contribution >= 4 is 40.3 Å². The molecule has 2 nitrogen and oxygen atoms in total. The summed E-state index contributed by atoms with van der Waals surface area (Å²) in [6.45, 7) is 0.824. The van der Waals surface area contributed by atoms with E-state index in [-0.39, 0.29) is 11.9 Å². The maximum Gasteiger partial charge on any atom is 0.224 e. The molecule has 0 bridgehead atoms. The Bertz CT molecular complexity index is 826. The molecule has 0 saturated heterocycles. The molecule has 1 atom stereocenters. The van der Waals surface area contributed by atoms with Gasteiger partial charge in [-0.2, -0.15) is 0 Å². The van der Waals surface area contributed by atoms with Crippen molar-refractivity contribution in [1.82, 2.24) is 4.90 Å². The lowest BCUT2D eigenvalue weighted by Gasteiger charge is -2.35. The molecule has 1 aliphatic heterocycles. The quantitative estimate of drug-likeness (QED) is 0.543. The van der Waals surface area contributed by atoms with E-state index < -0.39 is 0 Å². The largest absolute Gasteiger partial charge is 0.330 e. The molecule has 3 heterocycles. The fourth-order valence-electron chi connectivity index (χ4n) is 3.26. The predicted octanol–water partition coefficient (Wildman–Crippen LogP) is 5.47. The third-order valence-corrected chi connectivity index (χ3v) is 7.36. The van der Waals surface area contributed by atoms with Crippen molar-refractivity contribution in [2.75, 3.05) is 12.3 Å². The van der Waals surface area contributed by atoms with Crippen molar-refractivity contribution in [2.45, 2.75) is 23.8 Å². The number of carbonyl (C=O) groups is 1. The van der Waals surface area contributed by atoms with E-state index >= 15 is 0 Å². The minimum absolute atomic E-state index is 0.101. The van der Waals surface area contributed by atoms with Gasteiger partial charge < -0.3 is 4.90 Å². The van der Waals surface area contributed by atoms with Crippen LogP contribution in [0, 0.1) is 0 Å². The molecule has 3 aromatic rings. The van der Waals surface area contributed by atoms with Crippen LogP contribution in [0.4, 0.5) is 0 Å². The van der Waals surface area contributed by atoms with Gasteiger partial charge in [0.2, 0.25) is 5.91 Å². The maximum absolute atomic E-state index is 12.9. The molecular weight excluding hydrogens is 366 g/mol. The highest BCUT2D eigenvalue weighted by atomic mass is 32.2. The smallest absolute Gasteiger partial charge is 0.224 e. The van der Waals surface area contributed by atoms with Crippen LogP contribution >= 0.6 is 34.4 Å². The lowest BCUT2D eigenvalue weighted by atomic mass is 9.98. The summed E-state index contributed by atoms with van der Waals surface area (Å²) in [6.07, 6.45) is 1.56. The standard InChI is InChI=1S/C20H19NOS3/c22-19(10-14-23-15-5-2-1-3-6-15)21-11-8-17-16(9-13-25-17)20(21)18-7-4-12-24-18/h1-7,9,12-13,20H,8,10-11,14H2/t20-/m1/s1. The second kappa shape index (κ2) is 7.77. The van der Waals surface area contributed by atoms with Crippen LogP contribution in [-0.4, -0.2) is 23.1 Å². The Hall–Kier alpha value is -1.56. The average Bonchev–Trinajstić information content (AvgIpc) is 3.33. The van der Waals surface area contributed by atoms with E-state index in [0.717, 1.165) is 18.7 Å². The second-order valence-corrected chi connectivity index (χ2v) is 9.11. The summed E-state index contributed by atoms with van der Waals surface area (Å²) in [5.41, 5.74) is 1.32. The average molecular weight is 386 g/mol. The van der Waals surface area contributed by atoms with Crippen LogP contribution in [0.2, 0.25) is 0 Å². The number of fused-ring (bicyclic) bond motifs is 1. The van der Waals surface area contributed by atoms with E-state index in [4.69, 9.17) is 0 Å². The first-order valence-corrected chi connectivity index (χ1v) is 11.1. The van der Waals surface area contributed by atoms with E-state index in [1.54, 1.807) is 23.1 Å². The Labute approximate surface area is 160 Å². The number of nitrogens with zero attached hydrogens (tertiary/aromatic N) is 1. The number of amides is 1. The minimum atomic E-state index is 0.101. The van der Waals surface area contributed by atoms with Gasteiger partial charge in [-0.3, -0.25) is 4.79 Å². The summed E-state index contributed by atoms with van der Waals surface area (Å²) in [6, 6.07) is 16.8. The number of thiophene rings is 2. The maximum atomic E-state index is 12.9. The first kappa shape index (κ1) is 16.9. The molecular formula is C20H19NOS3. The van der Waals surface area contributed by atoms with Gasteiger partial charge in [-0.25, -0.2) is 0 Å². The van der Waals surface area contributed by atoms with Crippen LogP contribution in [0.5, 0.6) is 0 Å². The molecule has 25 heavy (non-hydrogen) atoms. The van der Waals surface area contributed by atoms with Crippen molar-refractivity contribution in [1.29, 1.82) is 0 Å². The minimum Gasteiger partial charge on any atom is -0.330 e. The number of hydrogen-bond acceptors (Lipinski definition) is 4. The Morgan fingerprint density at radius 2 is 1.96 bits per heavy atom. The van der Waals surface area contributed by atoms with Crippen molar-refractivity contribution in [3.05, 3.63) is 74.6 Å². The van der Waals surface area contributed by atoms with Gasteiger partial charge in [0, 0.05) is 33.4 Å². The molecule has 0 spiro atoms. The lowest BCUT2D eigenvalue weighted by Crippen LogP contribution is -2.39. The van der Waals surface area contributed by atoms with Gasteiger partial charge in [0.1, 0.15) is 0 Å². The summed E-state index contributed by atoms with van der Waals surface area (Å²) in [4.78, 5) is 19.0. The van der Waals surface area contributed by atoms with E-state index in [2.05, 4.69) is 46.0 Å². The molecule has 1 aliphatic rings. The molecule has 0 saturated carbocycles. The van der Waals surface area contributed by atoms with Gasteiger partial charge in [0.15, 0.2) is 0 Å². The van der Waals surface area contributed by atoms with Crippen LogP contribution in [0.25, 0.3) is 0 Å². The van der Waals surface area contributed by atoms with Crippen LogP contribution in [0.15, 0.2) is 64.2 Å². The Kier molecular flexibility index (Phi) is 5.25. The fraction of sp³-hybridized carbons (Fsp3) is 0.250. The highest BCUT2D eigenvalue weighted by molar-refractivity contribution is 7.99. The molecule has 0 N–H and O–H groups in total. The molecule has 2 aromatic heterocycles. The van der Waals surface area contributed by atoms with Gasteiger partial charge in [-0.05, 0) is 47.0 Å². The van der Waals surface area contributed by atoms with Crippen molar-refractivity contribution in [3.8, 4) is 0 Å². The fourth-order valence-corrected chi connectivity index (χ4v) is 5.88. The normalized spacial score (nSPS) is 16.6. The summed E-state index contributed by atoms with van der Waals surface area (Å²) in [5.74, 6) is 1.09. The van der Waals surface area contributed by atoms with Crippen molar-refractivity contribution in [3.63, 3.8) is 0 Å². The topological polar surface area (TPSA) is 20.3 Å². The van der Waals surface area contributed by atoms with E-state index in [1.165, 1.54) is 20.2 Å². The number of benzene rings is 1. The highest BCUT2D eigenvalue weighted by Crippen LogP contribution is 2.39. The monoisotopic (exact) mass is 385 g/mol. The van der Waals surface area contributed by atoms with E-state index in [9.17, 15) is 4.79 Å². The third-order valence-electron chi connectivity index (χ3n) is 4.43. The molecule has 1 aromatic carbocycles. The first-order valence-electron chi connectivity index (χ1n) is 8.40. The molecule has 128 valence electrons. The van der Waals surface area contributed by atoms with Crippen molar-refractivity contribution in [2.24, 2.45) is 0 Å². The van der Waals surface area contributed by atoms with Gasteiger partial charge in [0.05, 0.1) is 6.04 Å². The lowest BCUT2D eigenvalue weighted by molar-refractivity contribution is -0.132. The van der Waals surface area contributed by atoms with Crippen LogP contribution in [0.1, 0.15) is 27.8 Å². The zero-order valence-corrected chi connectivity index (χ0v) is 16.2. The molecule has 0 aliphatic carbocycles. The van der Waals surface area contributed by atoms with Gasteiger partial charge >= 0.3 is 0 Å². The van der Waals surface area contributed by atoms with Crippen LogP contribution < -0.4 is 0 Å². The molecule has 0 radical (unpaired) electrons. The molecule has 0 fully saturated rings. The number of rotatable bonds is 5. The highest BCUT2D eigenvalue weighted by Gasteiger charge is 2.32. The van der Waals surface area contributed by atoms with Crippen LogP contribution in [-0.2, 0) is 11.2 Å². The van der Waals surface area contributed by atoms with Gasteiger partial charge in [-0.15, -0.1) is 34.4 Å². The molecule has 4 rings (SSSR count).